The van der Waals surface area contributed by atoms with Gasteiger partial charge in [-0.2, -0.15) is 4.31 Å². The molecule has 1 amide bonds. The number of nitrogens with zero attached hydrogens (tertiary/aromatic N) is 4. The van der Waals surface area contributed by atoms with Crippen molar-refractivity contribution in [3.05, 3.63) is 70.0 Å². The van der Waals surface area contributed by atoms with Gasteiger partial charge in [0, 0.05) is 63.9 Å². The van der Waals surface area contributed by atoms with Crippen LogP contribution < -0.4 is 0 Å². The smallest absolute Gasteiger partial charge is 0.269 e. The summed E-state index contributed by atoms with van der Waals surface area (Å²) in [5, 5.41) is 10.8. The molecule has 34 heavy (non-hydrogen) atoms. The van der Waals surface area contributed by atoms with Gasteiger partial charge in [-0.05, 0) is 42.7 Å². The Morgan fingerprint density at radius 1 is 0.941 bits per heavy atom. The van der Waals surface area contributed by atoms with Gasteiger partial charge in [0.2, 0.25) is 15.9 Å². The molecule has 0 saturated carbocycles. The molecular weight excluding hydrogens is 463 g/mol. The molecule has 11 heteroatoms. The number of amides is 1. The molecule has 9 nitrogen and oxygen atoms in total. The summed E-state index contributed by atoms with van der Waals surface area (Å²) in [5.74, 6) is -0.411. The second-order valence-corrected chi connectivity index (χ2v) is 10.6. The molecule has 2 aliphatic rings. The van der Waals surface area contributed by atoms with Gasteiger partial charge >= 0.3 is 0 Å². The van der Waals surface area contributed by atoms with Gasteiger partial charge in [-0.15, -0.1) is 0 Å². The van der Waals surface area contributed by atoms with Crippen LogP contribution in [0, 0.1) is 21.8 Å². The molecule has 2 saturated heterocycles. The fourth-order valence-corrected chi connectivity index (χ4v) is 5.93. The van der Waals surface area contributed by atoms with Crippen molar-refractivity contribution in [1.29, 1.82) is 0 Å². The maximum absolute atomic E-state index is 13.1. The number of non-ortho nitro benzene ring substituents is 1. The molecule has 0 aromatic heterocycles. The lowest BCUT2D eigenvalue weighted by atomic mass is 9.96. The first-order valence-corrected chi connectivity index (χ1v) is 12.7. The molecule has 0 atom stereocenters. The lowest BCUT2D eigenvalue weighted by Gasteiger charge is -2.38. The van der Waals surface area contributed by atoms with Gasteiger partial charge < -0.3 is 4.90 Å². The second-order valence-electron chi connectivity index (χ2n) is 8.66. The molecule has 0 radical (unpaired) electrons. The van der Waals surface area contributed by atoms with Crippen molar-refractivity contribution in [2.75, 3.05) is 39.3 Å². The second kappa shape index (κ2) is 10.2. The quantitative estimate of drug-likeness (QED) is 0.455. The third kappa shape index (κ3) is 5.43. The van der Waals surface area contributed by atoms with E-state index in [1.54, 1.807) is 12.1 Å². The summed E-state index contributed by atoms with van der Waals surface area (Å²) in [6.07, 6.45) is 0.891. The number of benzene rings is 2. The zero-order chi connectivity index (χ0) is 24.3. The van der Waals surface area contributed by atoms with E-state index >= 15 is 0 Å². The minimum atomic E-state index is -3.76. The van der Waals surface area contributed by atoms with Crippen LogP contribution in [-0.2, 0) is 21.4 Å². The van der Waals surface area contributed by atoms with Crippen LogP contribution in [0.1, 0.15) is 18.4 Å². The number of rotatable bonds is 6. The van der Waals surface area contributed by atoms with Crippen LogP contribution in [0.15, 0.2) is 53.4 Å². The van der Waals surface area contributed by atoms with Crippen LogP contribution in [0.3, 0.4) is 0 Å². The SMILES string of the molecule is O=C(C1CCN(S(=O)(=O)c2ccc([N+](=O)[O-])cc2)CC1)N1CCN(Cc2ccc(F)cc2)CC1. The van der Waals surface area contributed by atoms with Gasteiger partial charge in [0.05, 0.1) is 9.82 Å². The van der Waals surface area contributed by atoms with Gasteiger partial charge in [0.1, 0.15) is 5.82 Å². The van der Waals surface area contributed by atoms with Crippen LogP contribution in [0.2, 0.25) is 0 Å². The van der Waals surface area contributed by atoms with E-state index in [1.807, 2.05) is 4.90 Å². The van der Waals surface area contributed by atoms with Crippen LogP contribution >= 0.6 is 0 Å². The maximum Gasteiger partial charge on any atom is 0.269 e. The number of nitro groups is 1. The average Bonchev–Trinajstić information content (AvgIpc) is 2.85. The van der Waals surface area contributed by atoms with Crippen molar-refractivity contribution < 1.29 is 22.5 Å². The highest BCUT2D eigenvalue weighted by Gasteiger charge is 2.34. The van der Waals surface area contributed by atoms with Crippen molar-refractivity contribution in [2.45, 2.75) is 24.3 Å². The number of nitro benzene ring substituents is 1. The highest BCUT2D eigenvalue weighted by Crippen LogP contribution is 2.26. The van der Waals surface area contributed by atoms with E-state index in [1.165, 1.54) is 40.7 Å². The van der Waals surface area contributed by atoms with E-state index in [2.05, 4.69) is 4.90 Å². The predicted molar refractivity (Wildman–Crippen MR) is 123 cm³/mol. The molecule has 4 rings (SSSR count). The Balaban J connectivity index is 1.27. The Morgan fingerprint density at radius 2 is 1.53 bits per heavy atom. The molecule has 0 unspecified atom stereocenters. The number of hydrogen-bond acceptors (Lipinski definition) is 6. The highest BCUT2D eigenvalue weighted by atomic mass is 32.2. The fourth-order valence-electron chi connectivity index (χ4n) is 4.46. The molecule has 2 aromatic rings. The Labute approximate surface area is 198 Å². The molecule has 0 N–H and O–H groups in total. The van der Waals surface area contributed by atoms with E-state index in [-0.39, 0.29) is 41.3 Å². The zero-order valence-electron chi connectivity index (χ0n) is 18.7. The van der Waals surface area contributed by atoms with Crippen molar-refractivity contribution in [3.63, 3.8) is 0 Å². The summed E-state index contributed by atoms with van der Waals surface area (Å²) >= 11 is 0. The number of piperidine rings is 1. The number of carbonyl (C=O) groups excluding carboxylic acids is 1. The van der Waals surface area contributed by atoms with E-state index in [4.69, 9.17) is 0 Å². The van der Waals surface area contributed by atoms with Gasteiger partial charge in [0.15, 0.2) is 0 Å². The largest absolute Gasteiger partial charge is 0.340 e. The molecule has 0 aliphatic carbocycles. The number of hydrogen-bond donors (Lipinski definition) is 0. The molecule has 182 valence electrons. The molecule has 0 spiro atoms. The van der Waals surface area contributed by atoms with E-state index in [0.717, 1.165) is 18.7 Å². The Morgan fingerprint density at radius 3 is 2.09 bits per heavy atom. The summed E-state index contributed by atoms with van der Waals surface area (Å²) in [5.41, 5.74) is 0.865. The molecule has 2 fully saturated rings. The van der Waals surface area contributed by atoms with Crippen molar-refractivity contribution in [2.24, 2.45) is 5.92 Å². The zero-order valence-corrected chi connectivity index (χ0v) is 19.5. The van der Waals surface area contributed by atoms with Crippen LogP contribution in [0.5, 0.6) is 0 Å². The van der Waals surface area contributed by atoms with Gasteiger partial charge in [0.25, 0.3) is 5.69 Å². The first-order valence-electron chi connectivity index (χ1n) is 11.2. The van der Waals surface area contributed by atoms with E-state index in [9.17, 15) is 27.7 Å². The minimum Gasteiger partial charge on any atom is -0.340 e. The maximum atomic E-state index is 13.1. The lowest BCUT2D eigenvalue weighted by molar-refractivity contribution is -0.384. The first kappa shape index (κ1) is 24.2. The minimum absolute atomic E-state index is 0.0140. The molecule has 2 aliphatic heterocycles. The third-order valence-corrected chi connectivity index (χ3v) is 8.40. The van der Waals surface area contributed by atoms with Crippen molar-refractivity contribution in [3.8, 4) is 0 Å². The monoisotopic (exact) mass is 490 g/mol. The summed E-state index contributed by atoms with van der Waals surface area (Å²) < 4.78 is 40.2. The fraction of sp³-hybridized carbons (Fsp3) is 0.435. The van der Waals surface area contributed by atoms with Gasteiger partial charge in [-0.1, -0.05) is 12.1 Å². The summed E-state index contributed by atoms with van der Waals surface area (Å²) in [6.45, 7) is 3.87. The summed E-state index contributed by atoms with van der Waals surface area (Å²) in [4.78, 5) is 27.3. The van der Waals surface area contributed by atoms with Crippen LogP contribution in [0.25, 0.3) is 0 Å². The van der Waals surface area contributed by atoms with Crippen molar-refractivity contribution in [1.82, 2.24) is 14.1 Å². The first-order chi connectivity index (χ1) is 16.2. The van der Waals surface area contributed by atoms with Gasteiger partial charge in [-0.3, -0.25) is 19.8 Å². The Kier molecular flexibility index (Phi) is 7.24. The van der Waals surface area contributed by atoms with Crippen LogP contribution in [-0.4, -0.2) is 72.6 Å². The van der Waals surface area contributed by atoms with E-state index in [0.29, 0.717) is 32.5 Å². The lowest BCUT2D eigenvalue weighted by Crippen LogP contribution is -2.51. The predicted octanol–water partition coefficient (Wildman–Crippen LogP) is 2.48. The number of halogens is 1. The van der Waals surface area contributed by atoms with Crippen molar-refractivity contribution >= 4 is 21.6 Å². The average molecular weight is 491 g/mol. The molecule has 2 heterocycles. The topological polar surface area (TPSA) is 104 Å². The number of carbonyl (C=O) groups is 1. The normalized spacial score (nSPS) is 18.7. The van der Waals surface area contributed by atoms with Gasteiger partial charge in [-0.25, -0.2) is 12.8 Å². The number of piperazine rings is 1. The standard InChI is InChI=1S/C23H27FN4O5S/c24-20-3-1-18(2-4-20)17-25-13-15-26(16-14-25)23(29)19-9-11-27(12-10-19)34(32,33)22-7-5-21(6-8-22)28(30)31/h1-8,19H,9-17H2. The number of sulfonamides is 1. The molecule has 0 bridgehead atoms. The molecular formula is C23H27FN4O5S. The third-order valence-electron chi connectivity index (χ3n) is 6.49. The Bertz CT molecular complexity index is 1120. The van der Waals surface area contributed by atoms with Crippen LogP contribution in [0.4, 0.5) is 10.1 Å². The molecule has 2 aromatic carbocycles. The Hall–Kier alpha value is -2.89. The summed E-state index contributed by atoms with van der Waals surface area (Å²) in [6, 6.07) is 11.3. The van der Waals surface area contributed by atoms with E-state index < -0.39 is 14.9 Å². The highest BCUT2D eigenvalue weighted by molar-refractivity contribution is 7.89. The summed E-state index contributed by atoms with van der Waals surface area (Å²) in [7, 11) is -3.76.